The Bertz CT molecular complexity index is 2460. The molecule has 7 aromatic rings. The van der Waals surface area contributed by atoms with Crippen LogP contribution in [0.5, 0.6) is 0 Å². The van der Waals surface area contributed by atoms with Crippen LogP contribution in [0.4, 0.5) is 0 Å². The molecule has 0 aliphatic carbocycles. The van der Waals surface area contributed by atoms with Gasteiger partial charge in [-0.15, -0.1) is 22.7 Å². The van der Waals surface area contributed by atoms with E-state index in [1.54, 1.807) is 34.4 Å². The second kappa shape index (κ2) is 12.9. The summed E-state index contributed by atoms with van der Waals surface area (Å²) in [7, 11) is -0.417. The van der Waals surface area contributed by atoms with Gasteiger partial charge in [0.2, 0.25) is 0 Å². The summed E-state index contributed by atoms with van der Waals surface area (Å²) in [5.41, 5.74) is 4.72. The van der Waals surface area contributed by atoms with Crippen molar-refractivity contribution in [3.8, 4) is 0 Å². The molecule has 1 unspecified atom stereocenters. The van der Waals surface area contributed by atoms with Gasteiger partial charge in [0.15, 0.2) is 25.5 Å². The van der Waals surface area contributed by atoms with E-state index in [9.17, 15) is 9.59 Å². The largest absolute Gasteiger partial charge is 0.289 e. The van der Waals surface area contributed by atoms with Crippen molar-refractivity contribution in [3.63, 3.8) is 0 Å². The van der Waals surface area contributed by atoms with Crippen LogP contribution in [0, 0.1) is 27.7 Å². The zero-order chi connectivity index (χ0) is 32.8. The Kier molecular flexibility index (Phi) is 8.71. The SMILES string of the molecule is C/C=C\c1c(C)sc2ccc([S+](c3ccc(Sc4ccc5sc6ccccc6c(=O)c5c4)cc3)c3c(C)cc(C)cc3C)cc2c1=O. The van der Waals surface area contributed by atoms with Crippen molar-refractivity contribution >= 4 is 81.7 Å². The quantitative estimate of drug-likeness (QED) is 0.129. The molecule has 0 saturated heterocycles. The monoisotopic (exact) mass is 685 g/mol. The average Bonchev–Trinajstić information content (AvgIpc) is 3.05. The van der Waals surface area contributed by atoms with Crippen LogP contribution in [-0.2, 0) is 10.9 Å². The Labute approximate surface area is 289 Å². The van der Waals surface area contributed by atoms with Crippen LogP contribution in [0.2, 0.25) is 0 Å². The van der Waals surface area contributed by atoms with E-state index in [2.05, 4.69) is 87.5 Å². The van der Waals surface area contributed by atoms with Crippen molar-refractivity contribution in [1.82, 2.24) is 0 Å². The maximum Gasteiger partial charge on any atom is 0.195 e. The molecule has 1 atom stereocenters. The van der Waals surface area contributed by atoms with Gasteiger partial charge in [0.25, 0.3) is 0 Å². The summed E-state index contributed by atoms with van der Waals surface area (Å²) in [4.78, 5) is 33.8. The number of hydrogen-bond donors (Lipinski definition) is 0. The van der Waals surface area contributed by atoms with Crippen LogP contribution in [0.1, 0.15) is 34.1 Å². The summed E-state index contributed by atoms with van der Waals surface area (Å²) in [6.07, 6.45) is 3.87. The minimum absolute atomic E-state index is 0.0884. The Morgan fingerprint density at radius 3 is 1.98 bits per heavy atom. The fourth-order valence-electron chi connectivity index (χ4n) is 6.27. The summed E-state index contributed by atoms with van der Waals surface area (Å²) in [5, 5.41) is 2.32. The lowest BCUT2D eigenvalue weighted by atomic mass is 10.1. The molecular formula is C41H33O2S4+. The standard InChI is InChI=1S/C41H33O2S4/c1-6-9-32-27(5)44-37-19-17-31(23-35(37)39(32)42)47(41-25(3)20-24(2)21-26(41)4)30-15-12-28(13-16-30)45-29-14-18-38-34(22-29)40(43)33-10-7-8-11-36(33)46-38/h6-23H,1-5H3/q+1/b9-6-. The Morgan fingerprint density at radius 2 is 1.23 bits per heavy atom. The lowest BCUT2D eigenvalue weighted by Gasteiger charge is -2.15. The molecule has 7 rings (SSSR count). The highest BCUT2D eigenvalue weighted by Crippen LogP contribution is 2.39. The molecule has 0 radical (unpaired) electrons. The Balaban J connectivity index is 1.30. The average molecular weight is 686 g/mol. The first kappa shape index (κ1) is 31.6. The molecule has 0 N–H and O–H groups in total. The van der Waals surface area contributed by atoms with Gasteiger partial charge in [-0.05, 0) is 101 Å². The number of fused-ring (bicyclic) bond motifs is 3. The number of allylic oxidation sites excluding steroid dienone is 1. The molecule has 47 heavy (non-hydrogen) atoms. The predicted molar refractivity (Wildman–Crippen MR) is 207 cm³/mol. The van der Waals surface area contributed by atoms with Crippen molar-refractivity contribution in [3.05, 3.63) is 151 Å². The second-order valence-electron chi connectivity index (χ2n) is 11.8. The molecule has 5 aromatic carbocycles. The summed E-state index contributed by atoms with van der Waals surface area (Å²) in [6.45, 7) is 10.5. The maximum absolute atomic E-state index is 13.7. The topological polar surface area (TPSA) is 34.1 Å². The maximum atomic E-state index is 13.7. The minimum atomic E-state index is -0.417. The van der Waals surface area contributed by atoms with Crippen LogP contribution in [0.25, 0.3) is 36.3 Å². The van der Waals surface area contributed by atoms with Gasteiger partial charge in [-0.2, -0.15) is 0 Å². The van der Waals surface area contributed by atoms with Crippen LogP contribution in [0.15, 0.2) is 137 Å². The third kappa shape index (κ3) is 6.00. The first-order chi connectivity index (χ1) is 22.7. The van der Waals surface area contributed by atoms with Crippen molar-refractivity contribution in [2.24, 2.45) is 0 Å². The number of benzene rings is 5. The van der Waals surface area contributed by atoms with Gasteiger partial charge in [-0.3, -0.25) is 9.59 Å². The van der Waals surface area contributed by atoms with Gasteiger partial charge < -0.3 is 0 Å². The van der Waals surface area contributed by atoms with E-state index in [4.69, 9.17) is 0 Å². The van der Waals surface area contributed by atoms with Crippen molar-refractivity contribution in [1.29, 1.82) is 0 Å². The predicted octanol–water partition coefficient (Wildman–Crippen LogP) is 11.5. The lowest BCUT2D eigenvalue weighted by Crippen LogP contribution is -2.11. The van der Waals surface area contributed by atoms with Gasteiger partial charge in [0.05, 0.1) is 10.9 Å². The highest BCUT2D eigenvalue weighted by Gasteiger charge is 2.33. The van der Waals surface area contributed by atoms with Crippen LogP contribution < -0.4 is 10.9 Å². The Hall–Kier alpha value is -3.94. The van der Waals surface area contributed by atoms with Gasteiger partial charge in [0, 0.05) is 67.7 Å². The van der Waals surface area contributed by atoms with E-state index in [0.717, 1.165) is 55.4 Å². The molecule has 2 heterocycles. The molecule has 0 bridgehead atoms. The highest BCUT2D eigenvalue weighted by atomic mass is 32.2. The van der Waals surface area contributed by atoms with Crippen molar-refractivity contribution in [2.75, 3.05) is 0 Å². The summed E-state index contributed by atoms with van der Waals surface area (Å²) in [5.74, 6) is 0. The van der Waals surface area contributed by atoms with Crippen LogP contribution in [-0.4, -0.2) is 0 Å². The number of hydrogen-bond acceptors (Lipinski definition) is 5. The normalized spacial score (nSPS) is 12.4. The second-order valence-corrected chi connectivity index (χ2v) is 17.2. The van der Waals surface area contributed by atoms with E-state index in [1.165, 1.54) is 26.5 Å². The fourth-order valence-corrected chi connectivity index (χ4v) is 11.5. The number of aryl methyl sites for hydroxylation is 4. The third-order valence-electron chi connectivity index (χ3n) is 8.30. The van der Waals surface area contributed by atoms with E-state index in [0.29, 0.717) is 0 Å². The molecule has 232 valence electrons. The molecule has 0 aliphatic rings. The molecular weight excluding hydrogens is 653 g/mol. The molecule has 0 amide bonds. The molecule has 2 aromatic heterocycles. The lowest BCUT2D eigenvalue weighted by molar-refractivity contribution is 1.16. The molecule has 0 aliphatic heterocycles. The third-order valence-corrected chi connectivity index (χ3v) is 14.1. The van der Waals surface area contributed by atoms with Crippen molar-refractivity contribution in [2.45, 2.75) is 59.1 Å². The zero-order valence-corrected chi connectivity index (χ0v) is 30.1. The highest BCUT2D eigenvalue weighted by molar-refractivity contribution is 7.99. The van der Waals surface area contributed by atoms with Gasteiger partial charge in [0.1, 0.15) is 0 Å². The molecule has 2 nitrogen and oxygen atoms in total. The first-order valence-electron chi connectivity index (χ1n) is 15.5. The van der Waals surface area contributed by atoms with Crippen molar-refractivity contribution < 1.29 is 0 Å². The number of rotatable bonds is 6. The Morgan fingerprint density at radius 1 is 0.617 bits per heavy atom. The van der Waals surface area contributed by atoms with Crippen LogP contribution >= 0.6 is 34.4 Å². The smallest absolute Gasteiger partial charge is 0.195 e. The van der Waals surface area contributed by atoms with E-state index < -0.39 is 10.9 Å². The fraction of sp³-hybridized carbons (Fsp3) is 0.122. The van der Waals surface area contributed by atoms with E-state index >= 15 is 0 Å². The molecule has 0 fully saturated rings. The minimum Gasteiger partial charge on any atom is -0.289 e. The summed E-state index contributed by atoms with van der Waals surface area (Å²) < 4.78 is 3.04. The zero-order valence-electron chi connectivity index (χ0n) is 26.8. The molecule has 6 heteroatoms. The summed E-state index contributed by atoms with van der Waals surface area (Å²) in [6, 6.07) is 33.8. The first-order valence-corrected chi connectivity index (χ1v) is 19.1. The van der Waals surface area contributed by atoms with Gasteiger partial charge in [-0.1, -0.05) is 53.7 Å². The van der Waals surface area contributed by atoms with Gasteiger partial charge in [-0.25, -0.2) is 0 Å². The van der Waals surface area contributed by atoms with E-state index in [1.807, 2.05) is 56.3 Å². The molecule has 0 saturated carbocycles. The van der Waals surface area contributed by atoms with Gasteiger partial charge >= 0.3 is 0 Å². The summed E-state index contributed by atoms with van der Waals surface area (Å²) >= 11 is 5.01. The van der Waals surface area contributed by atoms with Crippen LogP contribution in [0.3, 0.4) is 0 Å². The van der Waals surface area contributed by atoms with E-state index in [-0.39, 0.29) is 10.9 Å². The molecule has 0 spiro atoms.